The molecule has 0 bridgehead atoms. The summed E-state index contributed by atoms with van der Waals surface area (Å²) < 4.78 is 0. The Labute approximate surface area is 121 Å². The molecule has 1 N–H and O–H groups in total. The molecule has 2 aromatic heterocycles. The van der Waals surface area contributed by atoms with E-state index in [9.17, 15) is 4.79 Å². The summed E-state index contributed by atoms with van der Waals surface area (Å²) in [6, 6.07) is 7.49. The maximum Gasteiger partial charge on any atom is 0.230 e. The summed E-state index contributed by atoms with van der Waals surface area (Å²) in [4.78, 5) is 15.4. The molecule has 2 heterocycles. The quantitative estimate of drug-likeness (QED) is 0.649. The van der Waals surface area contributed by atoms with Crippen LogP contribution in [0.5, 0.6) is 0 Å². The molecule has 20 heavy (non-hydrogen) atoms. The molecule has 0 aromatic carbocycles. The molecule has 0 fully saturated rings. The molecule has 6 heteroatoms. The Hall–Kier alpha value is -2.21. The van der Waals surface area contributed by atoms with E-state index >= 15 is 0 Å². The van der Waals surface area contributed by atoms with Crippen molar-refractivity contribution >= 4 is 17.7 Å². The first kappa shape index (κ1) is 14.2. The minimum atomic E-state index is -0.0464. The molecule has 2 aromatic rings. The molecule has 5 nitrogen and oxygen atoms in total. The first-order valence-electron chi connectivity index (χ1n) is 6.04. The van der Waals surface area contributed by atoms with Crippen molar-refractivity contribution < 1.29 is 4.79 Å². The molecule has 0 aliphatic carbocycles. The van der Waals surface area contributed by atoms with Crippen LogP contribution in [0.4, 0.5) is 0 Å². The van der Waals surface area contributed by atoms with Crippen LogP contribution in [0.1, 0.15) is 0 Å². The summed E-state index contributed by atoms with van der Waals surface area (Å²) in [6.45, 7) is 4.02. The van der Waals surface area contributed by atoms with Crippen LogP contribution in [0.25, 0.3) is 11.3 Å². The lowest BCUT2D eigenvalue weighted by atomic mass is 10.2. The SMILES string of the molecule is C=CCNC(=O)CSc1ccc(-c2ccncc2)nn1. The van der Waals surface area contributed by atoms with E-state index in [-0.39, 0.29) is 5.91 Å². The van der Waals surface area contributed by atoms with E-state index in [0.29, 0.717) is 12.3 Å². The van der Waals surface area contributed by atoms with E-state index in [1.54, 1.807) is 18.5 Å². The van der Waals surface area contributed by atoms with Gasteiger partial charge < -0.3 is 5.32 Å². The lowest BCUT2D eigenvalue weighted by Crippen LogP contribution is -2.24. The zero-order chi connectivity index (χ0) is 14.2. The third-order valence-corrected chi connectivity index (χ3v) is 3.33. The van der Waals surface area contributed by atoms with Gasteiger partial charge in [-0.2, -0.15) is 0 Å². The predicted octanol–water partition coefficient (Wildman–Crippen LogP) is 1.93. The van der Waals surface area contributed by atoms with Crippen LogP contribution in [0, 0.1) is 0 Å². The van der Waals surface area contributed by atoms with Crippen molar-refractivity contribution in [2.75, 3.05) is 12.3 Å². The summed E-state index contributed by atoms with van der Waals surface area (Å²) in [5.41, 5.74) is 1.75. The largest absolute Gasteiger partial charge is 0.352 e. The number of thioether (sulfide) groups is 1. The van der Waals surface area contributed by atoms with E-state index in [2.05, 4.69) is 27.1 Å². The molecule has 0 radical (unpaired) electrons. The van der Waals surface area contributed by atoms with E-state index < -0.39 is 0 Å². The lowest BCUT2D eigenvalue weighted by Gasteiger charge is -2.03. The number of rotatable bonds is 6. The van der Waals surface area contributed by atoms with Crippen molar-refractivity contribution in [1.82, 2.24) is 20.5 Å². The molecular weight excluding hydrogens is 272 g/mol. The highest BCUT2D eigenvalue weighted by molar-refractivity contribution is 7.99. The number of nitrogens with zero attached hydrogens (tertiary/aromatic N) is 3. The van der Waals surface area contributed by atoms with Gasteiger partial charge in [-0.15, -0.1) is 16.8 Å². The number of carbonyl (C=O) groups excluding carboxylic acids is 1. The van der Waals surface area contributed by atoms with Gasteiger partial charge >= 0.3 is 0 Å². The average Bonchev–Trinajstić information content (AvgIpc) is 2.52. The number of nitrogens with one attached hydrogen (secondary N) is 1. The van der Waals surface area contributed by atoms with Crippen molar-refractivity contribution in [3.05, 3.63) is 49.3 Å². The normalized spacial score (nSPS) is 10.0. The van der Waals surface area contributed by atoms with Crippen molar-refractivity contribution in [3.8, 4) is 11.3 Å². The van der Waals surface area contributed by atoms with Crippen molar-refractivity contribution in [2.24, 2.45) is 0 Å². The number of aromatic nitrogens is 3. The van der Waals surface area contributed by atoms with Crippen LogP contribution in [0.15, 0.2) is 54.3 Å². The van der Waals surface area contributed by atoms with Crippen molar-refractivity contribution in [2.45, 2.75) is 5.03 Å². The fraction of sp³-hybridized carbons (Fsp3) is 0.143. The number of hydrogen-bond acceptors (Lipinski definition) is 5. The van der Waals surface area contributed by atoms with Gasteiger partial charge in [-0.1, -0.05) is 17.8 Å². The van der Waals surface area contributed by atoms with Crippen molar-refractivity contribution in [1.29, 1.82) is 0 Å². The van der Waals surface area contributed by atoms with E-state index in [1.807, 2.05) is 24.3 Å². The highest BCUT2D eigenvalue weighted by Crippen LogP contribution is 2.18. The summed E-state index contributed by atoms with van der Waals surface area (Å²) in [5.74, 6) is 0.270. The molecule has 0 aliphatic rings. The highest BCUT2D eigenvalue weighted by atomic mass is 32.2. The maximum atomic E-state index is 11.4. The Morgan fingerprint density at radius 1 is 1.25 bits per heavy atom. The van der Waals surface area contributed by atoms with Gasteiger partial charge in [-0.3, -0.25) is 9.78 Å². The second kappa shape index (κ2) is 7.40. The van der Waals surface area contributed by atoms with Gasteiger partial charge in [-0.05, 0) is 24.3 Å². The zero-order valence-electron chi connectivity index (χ0n) is 10.8. The average molecular weight is 286 g/mol. The maximum absolute atomic E-state index is 11.4. The van der Waals surface area contributed by atoms with Crippen LogP contribution >= 0.6 is 11.8 Å². The van der Waals surface area contributed by atoms with Gasteiger partial charge in [0.1, 0.15) is 5.03 Å². The fourth-order valence-corrected chi connectivity index (χ4v) is 2.09. The summed E-state index contributed by atoms with van der Waals surface area (Å²) in [7, 11) is 0. The summed E-state index contributed by atoms with van der Waals surface area (Å²) in [5, 5.41) is 11.7. The number of carbonyl (C=O) groups is 1. The second-order valence-corrected chi connectivity index (χ2v) is 4.87. The van der Waals surface area contributed by atoms with Gasteiger partial charge in [0.05, 0.1) is 11.4 Å². The summed E-state index contributed by atoms with van der Waals surface area (Å²) >= 11 is 1.35. The topological polar surface area (TPSA) is 67.8 Å². The summed E-state index contributed by atoms with van der Waals surface area (Å²) in [6.07, 6.45) is 5.07. The molecule has 102 valence electrons. The van der Waals surface area contributed by atoms with Gasteiger partial charge in [-0.25, -0.2) is 0 Å². The monoisotopic (exact) mass is 286 g/mol. The first-order valence-corrected chi connectivity index (χ1v) is 7.02. The Kier molecular flexibility index (Phi) is 5.25. The molecule has 0 unspecified atom stereocenters. The Bertz CT molecular complexity index is 571. The van der Waals surface area contributed by atoms with Crippen LogP contribution in [-0.4, -0.2) is 33.4 Å². The Balaban J connectivity index is 1.92. The minimum absolute atomic E-state index is 0.0464. The molecule has 2 rings (SSSR count). The second-order valence-electron chi connectivity index (χ2n) is 3.87. The van der Waals surface area contributed by atoms with Crippen LogP contribution in [0.2, 0.25) is 0 Å². The molecule has 0 spiro atoms. The molecule has 1 amide bonds. The minimum Gasteiger partial charge on any atom is -0.352 e. The molecule has 0 saturated carbocycles. The molecular formula is C14H14N4OS. The third kappa shape index (κ3) is 4.17. The lowest BCUT2D eigenvalue weighted by molar-refractivity contribution is -0.118. The Morgan fingerprint density at radius 2 is 2.05 bits per heavy atom. The standard InChI is InChI=1S/C14H14N4OS/c1-2-7-16-13(19)10-20-14-4-3-12(17-18-14)11-5-8-15-9-6-11/h2-6,8-9H,1,7,10H2,(H,16,19). The van der Waals surface area contributed by atoms with Gasteiger partial charge in [0.2, 0.25) is 5.91 Å². The first-order chi connectivity index (χ1) is 9.79. The van der Waals surface area contributed by atoms with E-state index in [4.69, 9.17) is 0 Å². The van der Waals surface area contributed by atoms with Crippen LogP contribution in [-0.2, 0) is 4.79 Å². The number of hydrogen-bond donors (Lipinski definition) is 1. The molecule has 0 aliphatic heterocycles. The van der Waals surface area contributed by atoms with Crippen LogP contribution < -0.4 is 5.32 Å². The van der Waals surface area contributed by atoms with Gasteiger partial charge in [0.25, 0.3) is 0 Å². The Morgan fingerprint density at radius 3 is 2.70 bits per heavy atom. The van der Waals surface area contributed by atoms with Crippen LogP contribution in [0.3, 0.4) is 0 Å². The predicted molar refractivity (Wildman–Crippen MR) is 79.2 cm³/mol. The molecule has 0 atom stereocenters. The fourth-order valence-electron chi connectivity index (χ4n) is 1.45. The van der Waals surface area contributed by atoms with Gasteiger partial charge in [0, 0.05) is 24.5 Å². The molecule has 0 saturated heterocycles. The smallest absolute Gasteiger partial charge is 0.230 e. The third-order valence-electron chi connectivity index (χ3n) is 2.41. The van der Waals surface area contributed by atoms with Gasteiger partial charge in [0.15, 0.2) is 0 Å². The number of pyridine rings is 1. The van der Waals surface area contributed by atoms with Crippen molar-refractivity contribution in [3.63, 3.8) is 0 Å². The number of amides is 1. The highest BCUT2D eigenvalue weighted by Gasteiger charge is 2.04. The van der Waals surface area contributed by atoms with E-state index in [0.717, 1.165) is 16.3 Å². The zero-order valence-corrected chi connectivity index (χ0v) is 11.6. The van der Waals surface area contributed by atoms with E-state index in [1.165, 1.54) is 11.8 Å².